The van der Waals surface area contributed by atoms with Crippen LogP contribution in [0.25, 0.3) is 5.76 Å². The second kappa shape index (κ2) is 7.95. The molecule has 0 aliphatic carbocycles. The molecule has 162 valence electrons. The summed E-state index contributed by atoms with van der Waals surface area (Å²) < 4.78 is 5.55. The number of ether oxygens (including phenoxy) is 1. The van der Waals surface area contributed by atoms with E-state index < -0.39 is 17.7 Å². The SMILES string of the molecule is Cc1ccccc1C1/C(=C(\O)c2ccc3c(c2)CCO3)C(=O)C(=O)N1c1ccc(C#N)cc1. The Labute approximate surface area is 191 Å². The highest BCUT2D eigenvalue weighted by Crippen LogP contribution is 2.43. The normalized spacial score (nSPS) is 18.7. The van der Waals surface area contributed by atoms with Gasteiger partial charge < -0.3 is 9.84 Å². The zero-order valence-electron chi connectivity index (χ0n) is 17.9. The number of aliphatic hydroxyl groups is 1. The number of fused-ring (bicyclic) bond motifs is 1. The minimum Gasteiger partial charge on any atom is -0.507 e. The number of nitrogens with zero attached hydrogens (tertiary/aromatic N) is 2. The molecule has 1 fully saturated rings. The molecular weight excluding hydrogens is 416 g/mol. The molecule has 3 aromatic carbocycles. The molecule has 0 bridgehead atoms. The molecule has 3 aromatic rings. The fourth-order valence-electron chi connectivity index (χ4n) is 4.47. The van der Waals surface area contributed by atoms with Crippen molar-refractivity contribution in [3.05, 3.63) is 100 Å². The number of anilines is 1. The average molecular weight is 436 g/mol. The molecule has 1 saturated heterocycles. The van der Waals surface area contributed by atoms with Crippen LogP contribution in [-0.4, -0.2) is 23.4 Å². The van der Waals surface area contributed by atoms with E-state index >= 15 is 0 Å². The lowest BCUT2D eigenvalue weighted by Crippen LogP contribution is -2.29. The minimum absolute atomic E-state index is 0.0394. The third kappa shape index (κ3) is 3.35. The molecule has 1 atom stereocenters. The zero-order valence-corrected chi connectivity index (χ0v) is 17.9. The van der Waals surface area contributed by atoms with Gasteiger partial charge in [-0.15, -0.1) is 0 Å². The number of carbonyl (C=O) groups excluding carboxylic acids is 2. The molecular formula is C27H20N2O4. The van der Waals surface area contributed by atoms with Crippen molar-refractivity contribution < 1.29 is 19.4 Å². The quantitative estimate of drug-likeness (QED) is 0.373. The number of Topliss-reactive ketones (excluding diaryl/α,β-unsaturated/α-hetero) is 1. The Kier molecular flexibility index (Phi) is 4.95. The van der Waals surface area contributed by atoms with Crippen LogP contribution in [0.5, 0.6) is 5.75 Å². The number of amides is 1. The summed E-state index contributed by atoms with van der Waals surface area (Å²) >= 11 is 0. The number of aryl methyl sites for hydroxylation is 1. The summed E-state index contributed by atoms with van der Waals surface area (Å²) in [6.07, 6.45) is 0.719. The van der Waals surface area contributed by atoms with Crippen molar-refractivity contribution in [1.29, 1.82) is 5.26 Å². The van der Waals surface area contributed by atoms with Crippen molar-refractivity contribution in [1.82, 2.24) is 0 Å². The third-order valence-corrected chi connectivity index (χ3v) is 6.16. The monoisotopic (exact) mass is 436 g/mol. The van der Waals surface area contributed by atoms with Crippen LogP contribution >= 0.6 is 0 Å². The van der Waals surface area contributed by atoms with Crippen LogP contribution in [0.15, 0.2) is 72.3 Å². The molecule has 1 N–H and O–H groups in total. The molecule has 0 radical (unpaired) electrons. The highest BCUT2D eigenvalue weighted by atomic mass is 16.5. The van der Waals surface area contributed by atoms with Crippen LogP contribution in [-0.2, 0) is 16.0 Å². The smallest absolute Gasteiger partial charge is 0.300 e. The first-order chi connectivity index (χ1) is 16.0. The van der Waals surface area contributed by atoms with Gasteiger partial charge in [-0.3, -0.25) is 14.5 Å². The van der Waals surface area contributed by atoms with E-state index in [1.165, 1.54) is 4.90 Å². The van der Waals surface area contributed by atoms with Gasteiger partial charge in [-0.1, -0.05) is 24.3 Å². The Balaban J connectivity index is 1.71. The van der Waals surface area contributed by atoms with Crippen LogP contribution in [0, 0.1) is 18.3 Å². The van der Waals surface area contributed by atoms with Crippen molar-refractivity contribution in [2.75, 3.05) is 11.5 Å². The Hall–Kier alpha value is -4.37. The van der Waals surface area contributed by atoms with E-state index in [0.717, 1.165) is 28.9 Å². The number of aliphatic hydroxyl groups excluding tert-OH is 1. The van der Waals surface area contributed by atoms with Crippen LogP contribution < -0.4 is 9.64 Å². The van der Waals surface area contributed by atoms with E-state index in [0.29, 0.717) is 23.4 Å². The molecule has 5 rings (SSSR count). The van der Waals surface area contributed by atoms with Crippen molar-refractivity contribution in [3.8, 4) is 11.8 Å². The Morgan fingerprint density at radius 3 is 2.58 bits per heavy atom. The summed E-state index contributed by atoms with van der Waals surface area (Å²) in [6.45, 7) is 2.48. The summed E-state index contributed by atoms with van der Waals surface area (Å²) in [5, 5.41) is 20.4. The predicted molar refractivity (Wildman–Crippen MR) is 123 cm³/mol. The minimum atomic E-state index is -0.802. The van der Waals surface area contributed by atoms with E-state index in [1.807, 2.05) is 37.3 Å². The zero-order chi connectivity index (χ0) is 23.1. The van der Waals surface area contributed by atoms with Crippen molar-refractivity contribution >= 4 is 23.1 Å². The topological polar surface area (TPSA) is 90.6 Å². The van der Waals surface area contributed by atoms with Gasteiger partial charge >= 0.3 is 0 Å². The predicted octanol–water partition coefficient (Wildman–Crippen LogP) is 4.43. The Morgan fingerprint density at radius 2 is 1.85 bits per heavy atom. The second-order valence-electron chi connectivity index (χ2n) is 8.11. The van der Waals surface area contributed by atoms with E-state index in [2.05, 4.69) is 6.07 Å². The summed E-state index contributed by atoms with van der Waals surface area (Å²) in [6, 6.07) is 20.5. The first kappa shape index (κ1) is 20.5. The van der Waals surface area contributed by atoms with Crippen LogP contribution in [0.2, 0.25) is 0 Å². The van der Waals surface area contributed by atoms with Crippen molar-refractivity contribution in [2.45, 2.75) is 19.4 Å². The molecule has 6 heteroatoms. The van der Waals surface area contributed by atoms with Gasteiger partial charge in [0.05, 0.1) is 29.9 Å². The molecule has 33 heavy (non-hydrogen) atoms. The number of ketones is 1. The van der Waals surface area contributed by atoms with Gasteiger partial charge in [0.25, 0.3) is 11.7 Å². The summed E-state index contributed by atoms with van der Waals surface area (Å²) in [4.78, 5) is 27.9. The maximum absolute atomic E-state index is 13.3. The number of nitriles is 1. The molecule has 1 amide bonds. The largest absolute Gasteiger partial charge is 0.507 e. The van der Waals surface area contributed by atoms with Crippen molar-refractivity contribution in [2.24, 2.45) is 0 Å². The van der Waals surface area contributed by atoms with E-state index in [9.17, 15) is 14.7 Å². The summed E-state index contributed by atoms with van der Waals surface area (Å²) in [5.41, 5.74) is 4.01. The van der Waals surface area contributed by atoms with Gasteiger partial charge in [-0.25, -0.2) is 0 Å². The molecule has 2 aliphatic heterocycles. The Bertz CT molecular complexity index is 1370. The van der Waals surface area contributed by atoms with Crippen molar-refractivity contribution in [3.63, 3.8) is 0 Å². The number of carbonyl (C=O) groups is 2. The first-order valence-corrected chi connectivity index (χ1v) is 10.6. The van der Waals surface area contributed by atoms with Gasteiger partial charge in [0.15, 0.2) is 0 Å². The third-order valence-electron chi connectivity index (χ3n) is 6.16. The first-order valence-electron chi connectivity index (χ1n) is 10.6. The van der Waals surface area contributed by atoms with E-state index in [1.54, 1.807) is 36.4 Å². The average Bonchev–Trinajstić information content (AvgIpc) is 3.41. The molecule has 0 saturated carbocycles. The van der Waals surface area contributed by atoms with Crippen LogP contribution in [0.1, 0.15) is 33.9 Å². The highest BCUT2D eigenvalue weighted by molar-refractivity contribution is 6.51. The lowest BCUT2D eigenvalue weighted by Gasteiger charge is -2.26. The molecule has 6 nitrogen and oxygen atoms in total. The summed E-state index contributed by atoms with van der Waals surface area (Å²) in [5.74, 6) is -0.923. The fourth-order valence-corrected chi connectivity index (χ4v) is 4.47. The maximum atomic E-state index is 13.3. The lowest BCUT2D eigenvalue weighted by atomic mass is 9.92. The number of hydrogen-bond donors (Lipinski definition) is 1. The van der Waals surface area contributed by atoms with E-state index in [-0.39, 0.29) is 11.3 Å². The van der Waals surface area contributed by atoms with E-state index in [4.69, 9.17) is 10.00 Å². The number of rotatable bonds is 3. The second-order valence-corrected chi connectivity index (χ2v) is 8.11. The van der Waals surface area contributed by atoms with Gasteiger partial charge in [0.2, 0.25) is 0 Å². The van der Waals surface area contributed by atoms with Gasteiger partial charge in [0, 0.05) is 17.7 Å². The van der Waals surface area contributed by atoms with Crippen LogP contribution in [0.3, 0.4) is 0 Å². The fraction of sp³-hybridized carbons (Fsp3) is 0.148. The van der Waals surface area contributed by atoms with Crippen LogP contribution in [0.4, 0.5) is 5.69 Å². The highest BCUT2D eigenvalue weighted by Gasteiger charge is 2.47. The standard InChI is InChI=1S/C27H20N2O4/c1-16-4-2-3-5-21(16)24-23(25(30)19-8-11-22-18(14-19)12-13-33-22)26(31)27(32)29(24)20-9-6-17(15-28)7-10-20/h2-11,14,24,30H,12-13H2,1H3/b25-23+. The molecule has 2 heterocycles. The number of hydrogen-bond acceptors (Lipinski definition) is 5. The van der Waals surface area contributed by atoms with Gasteiger partial charge in [-0.2, -0.15) is 5.26 Å². The molecule has 2 aliphatic rings. The summed E-state index contributed by atoms with van der Waals surface area (Å²) in [7, 11) is 0. The lowest BCUT2D eigenvalue weighted by molar-refractivity contribution is -0.132. The van der Waals surface area contributed by atoms with Gasteiger partial charge in [0.1, 0.15) is 11.5 Å². The molecule has 1 unspecified atom stereocenters. The Morgan fingerprint density at radius 1 is 1.09 bits per heavy atom. The number of benzene rings is 3. The molecule has 0 aromatic heterocycles. The maximum Gasteiger partial charge on any atom is 0.300 e. The van der Waals surface area contributed by atoms with Gasteiger partial charge in [-0.05, 0) is 66.1 Å². The molecule has 0 spiro atoms.